The molecule has 0 radical (unpaired) electrons. The highest BCUT2D eigenvalue weighted by atomic mass is 32.2. The summed E-state index contributed by atoms with van der Waals surface area (Å²) in [5.41, 5.74) is 2.74. The van der Waals surface area contributed by atoms with Crippen molar-refractivity contribution >= 4 is 35.4 Å². The predicted octanol–water partition coefficient (Wildman–Crippen LogP) is 4.51. The number of carbonyl (C=O) groups excluding carboxylic acids is 2. The number of carboxylic acid groups (broad SMARTS) is 1. The lowest BCUT2D eigenvalue weighted by molar-refractivity contribution is -0.138. The van der Waals surface area contributed by atoms with Gasteiger partial charge in [-0.3, -0.25) is 14.4 Å². The monoisotopic (exact) mass is 534 g/mol. The fourth-order valence-electron chi connectivity index (χ4n) is 3.95. The van der Waals surface area contributed by atoms with Crippen LogP contribution in [0.1, 0.15) is 37.3 Å². The molecule has 0 aliphatic heterocycles. The zero-order chi connectivity index (χ0) is 27.2. The Labute approximate surface area is 227 Å². The van der Waals surface area contributed by atoms with Crippen molar-refractivity contribution in [2.75, 3.05) is 23.9 Å². The molecule has 2 aromatic carbocycles. The highest BCUT2D eigenvalue weighted by Gasteiger charge is 2.25. The quantitative estimate of drug-likeness (QED) is 0.212. The fraction of sp³-hybridized carbons (Fsp3) is 0.310. The lowest BCUT2D eigenvalue weighted by atomic mass is 9.99. The average molecular weight is 535 g/mol. The summed E-state index contributed by atoms with van der Waals surface area (Å²) in [5, 5.41) is 18.3. The van der Waals surface area contributed by atoms with Gasteiger partial charge in [0.1, 0.15) is 11.9 Å². The molecule has 9 heteroatoms. The number of aliphatic carboxylic acids is 1. The number of anilines is 1. The summed E-state index contributed by atoms with van der Waals surface area (Å²) in [7, 11) is 0. The Morgan fingerprint density at radius 1 is 0.895 bits per heavy atom. The number of amides is 2. The van der Waals surface area contributed by atoms with Crippen LogP contribution in [0, 0.1) is 0 Å². The van der Waals surface area contributed by atoms with Crippen molar-refractivity contribution < 1.29 is 19.5 Å². The molecule has 2 atom stereocenters. The first-order chi connectivity index (χ1) is 18.5. The molecule has 1 unspecified atom stereocenters. The minimum atomic E-state index is -1.02. The van der Waals surface area contributed by atoms with Gasteiger partial charge in [-0.25, -0.2) is 4.98 Å². The third kappa shape index (κ3) is 9.55. The molecule has 8 nitrogen and oxygen atoms in total. The molecule has 3 aromatic rings. The number of hydrogen-bond donors (Lipinski definition) is 4. The van der Waals surface area contributed by atoms with Crippen molar-refractivity contribution in [1.82, 2.24) is 15.6 Å². The maximum Gasteiger partial charge on any atom is 0.305 e. The van der Waals surface area contributed by atoms with Crippen molar-refractivity contribution in [3.05, 3.63) is 84.6 Å². The van der Waals surface area contributed by atoms with Crippen molar-refractivity contribution in [3.8, 4) is 11.1 Å². The molecule has 0 saturated carbocycles. The van der Waals surface area contributed by atoms with E-state index < -0.39 is 24.0 Å². The van der Waals surface area contributed by atoms with E-state index in [-0.39, 0.29) is 12.3 Å². The fourth-order valence-corrected chi connectivity index (χ4v) is 4.52. The van der Waals surface area contributed by atoms with Gasteiger partial charge < -0.3 is 21.1 Å². The SMILES string of the molecule is CSC[C@@H](NC(=O)CCCCNc1ccccn1)C(=O)NC(CC(=O)O)c1ccc(-c2ccccc2)cc1. The van der Waals surface area contributed by atoms with E-state index in [9.17, 15) is 19.5 Å². The van der Waals surface area contributed by atoms with Crippen LogP contribution in [0.2, 0.25) is 0 Å². The molecule has 3 rings (SSSR count). The molecule has 0 bridgehead atoms. The highest BCUT2D eigenvalue weighted by molar-refractivity contribution is 7.98. The summed E-state index contributed by atoms with van der Waals surface area (Å²) in [6.45, 7) is 0.693. The van der Waals surface area contributed by atoms with E-state index in [1.807, 2.05) is 79.1 Å². The number of unbranched alkanes of at least 4 members (excludes halogenated alkanes) is 1. The molecule has 0 saturated heterocycles. The predicted molar refractivity (Wildman–Crippen MR) is 152 cm³/mol. The lowest BCUT2D eigenvalue weighted by Gasteiger charge is -2.23. The molecule has 0 spiro atoms. The van der Waals surface area contributed by atoms with E-state index in [0.29, 0.717) is 30.7 Å². The zero-order valence-electron chi connectivity index (χ0n) is 21.4. The normalized spacial score (nSPS) is 12.2. The van der Waals surface area contributed by atoms with Gasteiger partial charge in [0.25, 0.3) is 0 Å². The molecular formula is C29H34N4O4S. The first-order valence-corrected chi connectivity index (χ1v) is 14.0. The minimum absolute atomic E-state index is 0.209. The number of thioether (sulfide) groups is 1. The van der Waals surface area contributed by atoms with Crippen molar-refractivity contribution in [1.29, 1.82) is 0 Å². The first kappa shape index (κ1) is 28.7. The molecule has 1 heterocycles. The van der Waals surface area contributed by atoms with Crippen LogP contribution in [0.25, 0.3) is 11.1 Å². The molecule has 4 N–H and O–H groups in total. The zero-order valence-corrected chi connectivity index (χ0v) is 22.2. The van der Waals surface area contributed by atoms with Gasteiger partial charge in [0.2, 0.25) is 11.8 Å². The molecule has 38 heavy (non-hydrogen) atoms. The number of nitrogens with one attached hydrogen (secondary N) is 3. The molecule has 0 aliphatic rings. The standard InChI is InChI=1S/C29H34N4O4S/c1-38-20-25(32-27(34)12-6-8-18-31-26-11-5-7-17-30-26)29(37)33-24(19-28(35)36)23-15-13-22(14-16-23)21-9-3-2-4-10-21/h2-5,7,9-11,13-17,24-25H,6,8,12,18-20H2,1H3,(H,30,31)(H,32,34)(H,33,37)(H,35,36)/t24?,25-/m1/s1. The third-order valence-electron chi connectivity index (χ3n) is 5.90. The number of aromatic nitrogens is 1. The number of benzene rings is 2. The number of rotatable bonds is 15. The maximum absolute atomic E-state index is 13.1. The summed E-state index contributed by atoms with van der Waals surface area (Å²) in [6, 6.07) is 21.5. The molecule has 2 amide bonds. The third-order valence-corrected chi connectivity index (χ3v) is 6.57. The number of nitrogens with zero attached hydrogens (tertiary/aromatic N) is 1. The summed E-state index contributed by atoms with van der Waals surface area (Å²) < 4.78 is 0. The van der Waals surface area contributed by atoms with Crippen molar-refractivity contribution in [3.63, 3.8) is 0 Å². The largest absolute Gasteiger partial charge is 0.481 e. The van der Waals surface area contributed by atoms with Crippen LogP contribution < -0.4 is 16.0 Å². The molecule has 0 aliphatic carbocycles. The van der Waals surface area contributed by atoms with Crippen LogP contribution in [0.15, 0.2) is 79.0 Å². The van der Waals surface area contributed by atoms with Crippen LogP contribution in [0.3, 0.4) is 0 Å². The Kier molecular flexibility index (Phi) is 11.6. The second-order valence-electron chi connectivity index (χ2n) is 8.82. The van der Waals surface area contributed by atoms with Gasteiger partial charge >= 0.3 is 5.97 Å². The van der Waals surface area contributed by atoms with E-state index in [0.717, 1.165) is 23.4 Å². The van der Waals surface area contributed by atoms with Crippen molar-refractivity contribution in [2.45, 2.75) is 37.8 Å². The van der Waals surface area contributed by atoms with Gasteiger partial charge in [0.15, 0.2) is 0 Å². The topological polar surface area (TPSA) is 120 Å². The van der Waals surface area contributed by atoms with Crippen LogP contribution in [0.4, 0.5) is 5.82 Å². The number of hydrogen-bond acceptors (Lipinski definition) is 6. The Morgan fingerprint density at radius 3 is 2.26 bits per heavy atom. The van der Waals surface area contributed by atoms with Crippen LogP contribution in [0.5, 0.6) is 0 Å². The van der Waals surface area contributed by atoms with Gasteiger partial charge in [0, 0.05) is 24.9 Å². The van der Waals surface area contributed by atoms with E-state index in [1.54, 1.807) is 6.20 Å². The summed E-state index contributed by atoms with van der Waals surface area (Å²) in [4.78, 5) is 41.4. The lowest BCUT2D eigenvalue weighted by Crippen LogP contribution is -2.49. The number of carbonyl (C=O) groups is 3. The van der Waals surface area contributed by atoms with Crippen LogP contribution in [-0.2, 0) is 14.4 Å². The highest BCUT2D eigenvalue weighted by Crippen LogP contribution is 2.23. The van der Waals surface area contributed by atoms with E-state index in [4.69, 9.17) is 0 Å². The minimum Gasteiger partial charge on any atom is -0.481 e. The molecule has 200 valence electrons. The summed E-state index contributed by atoms with van der Waals surface area (Å²) >= 11 is 1.44. The summed E-state index contributed by atoms with van der Waals surface area (Å²) in [5.74, 6) is -0.459. The van der Waals surface area contributed by atoms with E-state index in [1.165, 1.54) is 11.8 Å². The molecular weight excluding hydrogens is 500 g/mol. The first-order valence-electron chi connectivity index (χ1n) is 12.6. The smallest absolute Gasteiger partial charge is 0.305 e. The maximum atomic E-state index is 13.1. The van der Waals surface area contributed by atoms with Crippen molar-refractivity contribution in [2.24, 2.45) is 0 Å². The van der Waals surface area contributed by atoms with Gasteiger partial charge in [-0.15, -0.1) is 0 Å². The Bertz CT molecular complexity index is 1160. The molecule has 1 aromatic heterocycles. The number of pyridine rings is 1. The van der Waals surface area contributed by atoms with Gasteiger partial charge in [-0.2, -0.15) is 11.8 Å². The Morgan fingerprint density at radius 2 is 1.61 bits per heavy atom. The molecule has 0 fully saturated rings. The Hall–Kier alpha value is -3.85. The van der Waals surface area contributed by atoms with E-state index >= 15 is 0 Å². The average Bonchev–Trinajstić information content (AvgIpc) is 2.93. The van der Waals surface area contributed by atoms with Gasteiger partial charge in [0.05, 0.1) is 12.5 Å². The van der Waals surface area contributed by atoms with Gasteiger partial charge in [-0.05, 0) is 47.9 Å². The van der Waals surface area contributed by atoms with E-state index in [2.05, 4.69) is 20.9 Å². The second kappa shape index (κ2) is 15.4. The second-order valence-corrected chi connectivity index (χ2v) is 9.73. The summed E-state index contributed by atoms with van der Waals surface area (Å²) in [6.07, 6.45) is 5.04. The number of carboxylic acids is 1. The van der Waals surface area contributed by atoms with Crippen LogP contribution >= 0.6 is 11.8 Å². The van der Waals surface area contributed by atoms with Crippen LogP contribution in [-0.4, -0.2) is 52.5 Å². The van der Waals surface area contributed by atoms with Gasteiger partial charge in [-0.1, -0.05) is 60.7 Å². The Balaban J connectivity index is 1.54.